The molecule has 4 rings (SSSR count). The molecule has 2 aliphatic rings. The summed E-state index contributed by atoms with van der Waals surface area (Å²) in [6.45, 7) is 0.618. The normalized spacial score (nSPS) is 20.3. The molecule has 13 heteroatoms. The Kier molecular flexibility index (Phi) is 7.98. The van der Waals surface area contributed by atoms with Crippen molar-refractivity contribution >= 4 is 17.8 Å². The van der Waals surface area contributed by atoms with Crippen LogP contribution >= 0.6 is 0 Å². The smallest absolute Gasteiger partial charge is 0.484 e. The Hall–Kier alpha value is -3.64. The number of carbonyl (C=O) groups excluding carboxylic acids is 2. The van der Waals surface area contributed by atoms with E-state index in [9.17, 15) is 31.5 Å². The lowest BCUT2D eigenvalue weighted by atomic mass is 9.90. The van der Waals surface area contributed by atoms with Gasteiger partial charge in [0.05, 0.1) is 0 Å². The van der Waals surface area contributed by atoms with Gasteiger partial charge in [0.2, 0.25) is 0 Å². The van der Waals surface area contributed by atoms with E-state index in [4.69, 9.17) is 4.74 Å². The van der Waals surface area contributed by atoms with Gasteiger partial charge in [-0.05, 0) is 62.1 Å². The molecule has 1 aromatic carbocycles. The molecule has 2 aromatic rings. The van der Waals surface area contributed by atoms with Crippen molar-refractivity contribution in [3.05, 3.63) is 48.2 Å². The summed E-state index contributed by atoms with van der Waals surface area (Å²) >= 11 is 0. The number of nitrogens with zero attached hydrogens (tertiary/aromatic N) is 3. The SMILES string of the molecule is O=C(COc1ccc(OC(F)(F)F)cc1)NC1CCC(N2CCN(c3ccc(C(F)F)cn3)C2=O)CC1. The van der Waals surface area contributed by atoms with Crippen LogP contribution in [0.15, 0.2) is 42.6 Å². The number of rotatable bonds is 8. The predicted molar refractivity (Wildman–Crippen MR) is 121 cm³/mol. The fourth-order valence-electron chi connectivity index (χ4n) is 4.48. The zero-order valence-electron chi connectivity index (χ0n) is 19.6. The Balaban J connectivity index is 1.19. The van der Waals surface area contributed by atoms with Crippen molar-refractivity contribution in [2.24, 2.45) is 0 Å². The third-order valence-corrected chi connectivity index (χ3v) is 6.27. The van der Waals surface area contributed by atoms with E-state index in [1.165, 1.54) is 29.2 Å². The van der Waals surface area contributed by atoms with Gasteiger partial charge >= 0.3 is 12.4 Å². The van der Waals surface area contributed by atoms with Crippen LogP contribution in [0.4, 0.5) is 32.6 Å². The molecule has 0 bridgehead atoms. The Morgan fingerprint density at radius 3 is 2.30 bits per heavy atom. The van der Waals surface area contributed by atoms with Crippen molar-refractivity contribution in [2.45, 2.75) is 50.6 Å². The van der Waals surface area contributed by atoms with E-state index in [-0.39, 0.29) is 47.7 Å². The number of ether oxygens (including phenoxy) is 2. The molecule has 1 N–H and O–H groups in total. The van der Waals surface area contributed by atoms with Crippen LogP contribution in [0.25, 0.3) is 0 Å². The molecule has 1 aliphatic carbocycles. The Morgan fingerprint density at radius 1 is 1.03 bits per heavy atom. The second-order valence-corrected chi connectivity index (χ2v) is 8.76. The van der Waals surface area contributed by atoms with Gasteiger partial charge in [-0.2, -0.15) is 0 Å². The van der Waals surface area contributed by atoms with E-state index in [0.717, 1.165) is 18.3 Å². The molecular weight excluding hydrogens is 503 g/mol. The van der Waals surface area contributed by atoms with Crippen molar-refractivity contribution < 1.29 is 41.0 Å². The first-order chi connectivity index (χ1) is 17.6. The largest absolute Gasteiger partial charge is 0.573 e. The lowest BCUT2D eigenvalue weighted by molar-refractivity contribution is -0.274. The molecule has 3 amide bonds. The molecule has 1 saturated carbocycles. The minimum atomic E-state index is -4.79. The van der Waals surface area contributed by atoms with Crippen LogP contribution in [0.5, 0.6) is 11.5 Å². The molecule has 1 saturated heterocycles. The van der Waals surface area contributed by atoms with Crippen LogP contribution in [0, 0.1) is 0 Å². The zero-order valence-corrected chi connectivity index (χ0v) is 19.6. The Bertz CT molecular complexity index is 1070. The van der Waals surface area contributed by atoms with Crippen LogP contribution in [-0.2, 0) is 4.79 Å². The quantitative estimate of drug-likeness (QED) is 0.504. The highest BCUT2D eigenvalue weighted by Gasteiger charge is 2.37. The molecule has 2 heterocycles. The highest BCUT2D eigenvalue weighted by atomic mass is 19.4. The van der Waals surface area contributed by atoms with Gasteiger partial charge in [-0.15, -0.1) is 13.2 Å². The minimum absolute atomic E-state index is 0.000305. The molecule has 1 aromatic heterocycles. The highest BCUT2D eigenvalue weighted by molar-refractivity contribution is 5.93. The van der Waals surface area contributed by atoms with Gasteiger partial charge in [0.15, 0.2) is 6.61 Å². The molecule has 2 fully saturated rings. The van der Waals surface area contributed by atoms with E-state index < -0.39 is 12.8 Å². The third-order valence-electron chi connectivity index (χ3n) is 6.27. The van der Waals surface area contributed by atoms with Crippen molar-refractivity contribution in [3.63, 3.8) is 0 Å². The number of hydrogen-bond donors (Lipinski definition) is 1. The van der Waals surface area contributed by atoms with E-state index in [1.54, 1.807) is 4.90 Å². The van der Waals surface area contributed by atoms with Gasteiger partial charge in [0.1, 0.15) is 17.3 Å². The van der Waals surface area contributed by atoms with Crippen molar-refractivity contribution in [1.29, 1.82) is 0 Å². The zero-order chi connectivity index (χ0) is 26.6. The number of carbonyl (C=O) groups is 2. The fourth-order valence-corrected chi connectivity index (χ4v) is 4.48. The number of aromatic nitrogens is 1. The van der Waals surface area contributed by atoms with Gasteiger partial charge in [-0.1, -0.05) is 0 Å². The summed E-state index contributed by atoms with van der Waals surface area (Å²) in [4.78, 5) is 32.4. The maximum Gasteiger partial charge on any atom is 0.573 e. The summed E-state index contributed by atoms with van der Waals surface area (Å²) in [5.41, 5.74) is -0.202. The summed E-state index contributed by atoms with van der Waals surface area (Å²) in [5.74, 6) is -0.188. The first kappa shape index (κ1) is 26.4. The fraction of sp³-hybridized carbons (Fsp3) is 0.458. The van der Waals surface area contributed by atoms with Gasteiger partial charge in [0, 0.05) is 36.9 Å². The standard InChI is InChI=1S/C24H25F5N4O4/c25-22(26)15-1-10-20(30-13-15)33-12-11-32(23(33)35)17-4-2-16(3-5-17)31-21(34)14-36-18-6-8-19(9-7-18)37-24(27,28)29/h1,6-10,13,16-17,22H,2-5,11-12,14H2,(H,31,34). The summed E-state index contributed by atoms with van der Waals surface area (Å²) in [5, 5.41) is 2.88. The highest BCUT2D eigenvalue weighted by Crippen LogP contribution is 2.29. The molecule has 0 unspecified atom stereocenters. The van der Waals surface area contributed by atoms with Crippen LogP contribution < -0.4 is 19.7 Å². The van der Waals surface area contributed by atoms with Gasteiger partial charge in [-0.25, -0.2) is 18.6 Å². The Labute approximate surface area is 209 Å². The number of urea groups is 1. The number of nitrogens with one attached hydrogen (secondary N) is 1. The average Bonchev–Trinajstić information content (AvgIpc) is 3.24. The topological polar surface area (TPSA) is 84.0 Å². The minimum Gasteiger partial charge on any atom is -0.484 e. The van der Waals surface area contributed by atoms with Crippen LogP contribution in [0.3, 0.4) is 0 Å². The lowest BCUT2D eigenvalue weighted by Gasteiger charge is -2.34. The van der Waals surface area contributed by atoms with Crippen LogP contribution in [-0.4, -0.2) is 60.0 Å². The first-order valence-electron chi connectivity index (χ1n) is 11.7. The van der Waals surface area contributed by atoms with Crippen LogP contribution in [0.1, 0.15) is 37.7 Å². The lowest BCUT2D eigenvalue weighted by Crippen LogP contribution is -2.46. The van der Waals surface area contributed by atoms with Gasteiger partial charge < -0.3 is 19.7 Å². The van der Waals surface area contributed by atoms with E-state index in [1.807, 2.05) is 0 Å². The van der Waals surface area contributed by atoms with E-state index in [0.29, 0.717) is 44.6 Å². The van der Waals surface area contributed by atoms with Gasteiger partial charge in [0.25, 0.3) is 12.3 Å². The molecule has 1 aliphatic heterocycles. The molecule has 0 atom stereocenters. The first-order valence-corrected chi connectivity index (χ1v) is 11.7. The third kappa shape index (κ3) is 6.98. The predicted octanol–water partition coefficient (Wildman–Crippen LogP) is 4.67. The number of halogens is 5. The summed E-state index contributed by atoms with van der Waals surface area (Å²) in [6.07, 6.45) is -3.65. The van der Waals surface area contributed by atoms with Gasteiger partial charge in [-0.3, -0.25) is 9.69 Å². The number of anilines is 1. The van der Waals surface area contributed by atoms with E-state index in [2.05, 4.69) is 15.0 Å². The monoisotopic (exact) mass is 528 g/mol. The molecule has 200 valence electrons. The molecule has 37 heavy (non-hydrogen) atoms. The summed E-state index contributed by atoms with van der Waals surface area (Å²) in [7, 11) is 0. The molecule has 0 radical (unpaired) electrons. The Morgan fingerprint density at radius 2 is 1.70 bits per heavy atom. The summed E-state index contributed by atoms with van der Waals surface area (Å²) < 4.78 is 71.3. The second-order valence-electron chi connectivity index (χ2n) is 8.76. The number of hydrogen-bond acceptors (Lipinski definition) is 5. The summed E-state index contributed by atoms with van der Waals surface area (Å²) in [6, 6.07) is 7.11. The molecule has 8 nitrogen and oxygen atoms in total. The number of pyridine rings is 1. The van der Waals surface area contributed by atoms with E-state index >= 15 is 0 Å². The van der Waals surface area contributed by atoms with Crippen molar-refractivity contribution in [3.8, 4) is 11.5 Å². The molecular formula is C24H25F5N4O4. The number of amides is 3. The van der Waals surface area contributed by atoms with Crippen molar-refractivity contribution in [1.82, 2.24) is 15.2 Å². The maximum absolute atomic E-state index is 12.9. The van der Waals surface area contributed by atoms with Crippen LogP contribution in [0.2, 0.25) is 0 Å². The average molecular weight is 528 g/mol. The van der Waals surface area contributed by atoms with Crippen molar-refractivity contribution in [2.75, 3.05) is 24.6 Å². The maximum atomic E-state index is 12.9. The second kappa shape index (κ2) is 11.2. The molecule has 0 spiro atoms. The number of benzene rings is 1. The number of alkyl halides is 5.